The summed E-state index contributed by atoms with van der Waals surface area (Å²) in [5.41, 5.74) is 6.45. The van der Waals surface area contributed by atoms with Gasteiger partial charge in [0.15, 0.2) is 5.78 Å². The number of rotatable bonds is 1. The highest BCUT2D eigenvalue weighted by molar-refractivity contribution is 5.91. The summed E-state index contributed by atoms with van der Waals surface area (Å²) in [4.78, 5) is 23.4. The monoisotopic (exact) mass is 463 g/mol. The first kappa shape index (κ1) is 29.9. The average Bonchev–Trinajstić information content (AvgIpc) is 3.05. The van der Waals surface area contributed by atoms with Gasteiger partial charge in [-0.15, -0.1) is 0 Å². The maximum atomic E-state index is 11.8. The topological polar surface area (TPSA) is 69.4 Å². The summed E-state index contributed by atoms with van der Waals surface area (Å²) in [5.74, 6) is 4.47. The van der Waals surface area contributed by atoms with E-state index >= 15 is 0 Å². The Morgan fingerprint density at radius 1 is 1.18 bits per heavy atom. The molecule has 4 aliphatic rings. The van der Waals surface area contributed by atoms with Crippen molar-refractivity contribution in [3.8, 4) is 0 Å². The van der Waals surface area contributed by atoms with Gasteiger partial charge in [0.2, 0.25) is 0 Å². The molecule has 4 heteroatoms. The van der Waals surface area contributed by atoms with Crippen LogP contribution in [0, 0.1) is 40.9 Å². The molecule has 0 radical (unpaired) electrons. The number of fused-ring (bicyclic) bond motifs is 5. The number of nitrogens with two attached hydrogens (primary N) is 1. The van der Waals surface area contributed by atoms with E-state index in [9.17, 15) is 9.59 Å². The Morgan fingerprint density at radius 3 is 2.30 bits per heavy atom. The van der Waals surface area contributed by atoms with Gasteiger partial charge in [-0.25, -0.2) is 0 Å². The van der Waals surface area contributed by atoms with E-state index in [4.69, 9.17) is 10.5 Å². The van der Waals surface area contributed by atoms with Gasteiger partial charge in [0.1, 0.15) is 6.10 Å². The van der Waals surface area contributed by atoms with Crippen molar-refractivity contribution in [1.82, 2.24) is 0 Å². The number of hydrogen-bond acceptors (Lipinski definition) is 4. The zero-order chi connectivity index (χ0) is 25.3. The van der Waals surface area contributed by atoms with E-state index in [-0.39, 0.29) is 17.5 Å². The van der Waals surface area contributed by atoms with E-state index in [0.717, 1.165) is 50.0 Å². The van der Waals surface area contributed by atoms with Crippen LogP contribution in [0.3, 0.4) is 0 Å². The van der Waals surface area contributed by atoms with E-state index in [1.54, 1.807) is 6.92 Å². The third-order valence-electron chi connectivity index (χ3n) is 7.86. The van der Waals surface area contributed by atoms with E-state index in [1.165, 1.54) is 24.8 Å². The summed E-state index contributed by atoms with van der Waals surface area (Å²) >= 11 is 0. The zero-order valence-corrected chi connectivity index (χ0v) is 23.1. The molecule has 4 rings (SSSR count). The summed E-state index contributed by atoms with van der Waals surface area (Å²) in [5, 5.41) is 0. The second-order valence-corrected chi connectivity index (χ2v) is 11.2. The lowest BCUT2D eigenvalue weighted by molar-refractivity contribution is -0.157. The minimum Gasteiger partial charge on any atom is -0.462 e. The second kappa shape index (κ2) is 13.7. The van der Waals surface area contributed by atoms with Gasteiger partial charge in [-0.1, -0.05) is 61.0 Å². The van der Waals surface area contributed by atoms with Crippen LogP contribution in [0.25, 0.3) is 0 Å². The van der Waals surface area contributed by atoms with Crippen LogP contribution in [0.1, 0.15) is 107 Å². The van der Waals surface area contributed by atoms with Crippen molar-refractivity contribution in [3.63, 3.8) is 0 Å². The molecule has 7 unspecified atom stereocenters. The largest absolute Gasteiger partial charge is 0.462 e. The van der Waals surface area contributed by atoms with Crippen LogP contribution < -0.4 is 5.73 Å². The first-order valence-corrected chi connectivity index (χ1v) is 13.7. The van der Waals surface area contributed by atoms with Crippen LogP contribution in [0.2, 0.25) is 0 Å². The fourth-order valence-corrected chi connectivity index (χ4v) is 6.93. The quantitative estimate of drug-likeness (QED) is 0.427. The van der Waals surface area contributed by atoms with Crippen molar-refractivity contribution in [2.75, 3.05) is 6.54 Å². The summed E-state index contributed by atoms with van der Waals surface area (Å²) < 4.78 is 5.72. The Bertz CT molecular complexity index is 652. The number of carbonyl (C=O) groups is 2. The Balaban J connectivity index is 0.000000528. The highest BCUT2D eigenvalue weighted by Crippen LogP contribution is 2.63. The second-order valence-electron chi connectivity index (χ2n) is 11.2. The number of ketones is 1. The molecule has 33 heavy (non-hydrogen) atoms. The number of ether oxygens (including phenoxy) is 1. The summed E-state index contributed by atoms with van der Waals surface area (Å²) in [6.07, 6.45) is 9.62. The van der Waals surface area contributed by atoms with Gasteiger partial charge in [0.05, 0.1) is 0 Å². The molecule has 3 saturated carbocycles. The summed E-state index contributed by atoms with van der Waals surface area (Å²) in [6.45, 7) is 19.5. The van der Waals surface area contributed by atoms with Gasteiger partial charge >= 0.3 is 5.97 Å². The fourth-order valence-electron chi connectivity index (χ4n) is 6.93. The van der Waals surface area contributed by atoms with Crippen LogP contribution in [0.5, 0.6) is 0 Å². The molecule has 0 aliphatic heterocycles. The van der Waals surface area contributed by atoms with Crippen LogP contribution in [0.15, 0.2) is 11.6 Å². The molecular weight excluding hydrogens is 410 g/mol. The molecule has 7 atom stereocenters. The highest BCUT2D eigenvalue weighted by atomic mass is 16.5. The Kier molecular flexibility index (Phi) is 12.4. The van der Waals surface area contributed by atoms with Crippen molar-refractivity contribution in [3.05, 3.63) is 11.6 Å². The van der Waals surface area contributed by atoms with Crippen molar-refractivity contribution in [1.29, 1.82) is 0 Å². The molecule has 0 heterocycles. The minimum absolute atomic E-state index is 0.109. The van der Waals surface area contributed by atoms with Crippen molar-refractivity contribution in [2.24, 2.45) is 46.7 Å². The molecule has 2 N–H and O–H groups in total. The van der Waals surface area contributed by atoms with Gasteiger partial charge in [-0.05, 0) is 86.7 Å². The van der Waals surface area contributed by atoms with Gasteiger partial charge in [0, 0.05) is 18.8 Å². The maximum absolute atomic E-state index is 11.8. The molecule has 4 nitrogen and oxygen atoms in total. The van der Waals surface area contributed by atoms with E-state index in [0.29, 0.717) is 23.5 Å². The first-order valence-electron chi connectivity index (χ1n) is 13.7. The van der Waals surface area contributed by atoms with Gasteiger partial charge in [-0.3, -0.25) is 9.59 Å². The highest BCUT2D eigenvalue weighted by Gasteiger charge is 2.58. The molecule has 0 bridgehead atoms. The molecule has 192 valence electrons. The van der Waals surface area contributed by atoms with Crippen molar-refractivity contribution in [2.45, 2.75) is 113 Å². The third-order valence-corrected chi connectivity index (χ3v) is 7.86. The number of hydrogen-bond donors (Lipinski definition) is 1. The van der Waals surface area contributed by atoms with Crippen LogP contribution in [0.4, 0.5) is 0 Å². The molecule has 4 aliphatic carbocycles. The molecule has 0 aromatic carbocycles. The SMILES string of the molecule is CC.CC(=O)OC1CCC2C3C(C)CC4=CC(=O)CCC4C3CCC12C.CC(C)C.CCN. The summed E-state index contributed by atoms with van der Waals surface area (Å²) in [6, 6.07) is 0. The normalized spacial score (nSPS) is 36.2. The van der Waals surface area contributed by atoms with E-state index in [1.807, 2.05) is 26.8 Å². The fraction of sp³-hybridized carbons (Fsp3) is 0.862. The van der Waals surface area contributed by atoms with E-state index in [2.05, 4.69) is 34.6 Å². The standard InChI is InChI=1S/C21H30O3.C4H10.C2H7N.C2H6/c1-12-10-14-11-15(23)4-5-16(14)17-8-9-21(3)18(20(12)17)6-7-19(21)24-13(2)22;1-4(2)3;1-2-3;1-2/h11-12,16-20H,4-10H2,1-3H3;4H,1-3H3;2-3H2,1H3;1-2H3. The van der Waals surface area contributed by atoms with E-state index < -0.39 is 0 Å². The Morgan fingerprint density at radius 2 is 1.76 bits per heavy atom. The van der Waals surface area contributed by atoms with Crippen LogP contribution >= 0.6 is 0 Å². The van der Waals surface area contributed by atoms with Crippen LogP contribution in [-0.4, -0.2) is 24.4 Å². The van der Waals surface area contributed by atoms with Gasteiger partial charge in [-0.2, -0.15) is 0 Å². The Hall–Kier alpha value is -1.16. The number of carbonyl (C=O) groups excluding carboxylic acids is 2. The maximum Gasteiger partial charge on any atom is 0.302 e. The predicted molar refractivity (Wildman–Crippen MR) is 139 cm³/mol. The lowest BCUT2D eigenvalue weighted by atomic mass is 9.49. The number of allylic oxidation sites excluding steroid dienone is 1. The van der Waals surface area contributed by atoms with Crippen molar-refractivity contribution < 1.29 is 14.3 Å². The molecule has 0 aromatic rings. The lowest BCUT2D eigenvalue weighted by Crippen LogP contribution is -2.50. The van der Waals surface area contributed by atoms with Gasteiger partial charge < -0.3 is 10.5 Å². The molecule has 3 fully saturated rings. The summed E-state index contributed by atoms with van der Waals surface area (Å²) in [7, 11) is 0. The molecule has 0 spiro atoms. The molecular formula is C29H53NO3. The third kappa shape index (κ3) is 7.41. The molecule has 0 aromatic heterocycles. The van der Waals surface area contributed by atoms with Crippen LogP contribution in [-0.2, 0) is 14.3 Å². The molecule has 0 saturated heterocycles. The zero-order valence-electron chi connectivity index (χ0n) is 23.1. The average molecular weight is 464 g/mol. The predicted octanol–water partition coefficient (Wildman–Crippen LogP) is 6.96. The minimum atomic E-state index is -0.128. The smallest absolute Gasteiger partial charge is 0.302 e. The first-order chi connectivity index (χ1) is 15.5. The number of esters is 1. The van der Waals surface area contributed by atoms with Gasteiger partial charge in [0.25, 0.3) is 0 Å². The Labute approximate surface area is 204 Å². The van der Waals surface area contributed by atoms with Crippen molar-refractivity contribution >= 4 is 11.8 Å². The lowest BCUT2D eigenvalue weighted by Gasteiger charge is -2.55. The molecule has 0 amide bonds.